The van der Waals surface area contributed by atoms with Gasteiger partial charge < -0.3 is 20.5 Å². The summed E-state index contributed by atoms with van der Waals surface area (Å²) in [5, 5.41) is 3.07. The van der Waals surface area contributed by atoms with Crippen LogP contribution in [0.15, 0.2) is 24.3 Å². The number of para-hydroxylation sites is 1. The molecule has 2 rings (SSSR count). The maximum atomic E-state index is 12.5. The van der Waals surface area contributed by atoms with Gasteiger partial charge in [0.2, 0.25) is 0 Å². The highest BCUT2D eigenvalue weighted by atomic mass is 16.5. The highest BCUT2D eigenvalue weighted by molar-refractivity contribution is 5.97. The second-order valence-corrected chi connectivity index (χ2v) is 4.98. The van der Waals surface area contributed by atoms with E-state index < -0.39 is 0 Å². The molecule has 0 spiro atoms. The Morgan fingerprint density at radius 1 is 1.40 bits per heavy atom. The molecular weight excluding hydrogens is 256 g/mol. The number of nitrogens with two attached hydrogens (primary N) is 1. The van der Waals surface area contributed by atoms with E-state index in [1.165, 1.54) is 0 Å². The molecule has 1 aliphatic rings. The van der Waals surface area contributed by atoms with Gasteiger partial charge in [-0.15, -0.1) is 0 Å². The van der Waals surface area contributed by atoms with Gasteiger partial charge in [0.05, 0.1) is 17.7 Å². The minimum Gasteiger partial charge on any atom is -0.493 e. The molecule has 0 atom stereocenters. The Hall–Kier alpha value is -1.59. The van der Waals surface area contributed by atoms with Crippen molar-refractivity contribution in [1.29, 1.82) is 0 Å². The van der Waals surface area contributed by atoms with Crippen molar-refractivity contribution < 1.29 is 14.3 Å². The Bertz CT molecular complexity index is 456. The van der Waals surface area contributed by atoms with Crippen LogP contribution in [0.1, 0.15) is 30.1 Å². The smallest absolute Gasteiger partial charge is 0.255 e. The van der Waals surface area contributed by atoms with Crippen molar-refractivity contribution in [2.75, 3.05) is 26.4 Å². The van der Waals surface area contributed by atoms with Gasteiger partial charge in [-0.3, -0.25) is 4.79 Å². The third kappa shape index (κ3) is 3.29. The van der Waals surface area contributed by atoms with E-state index in [1.54, 1.807) is 12.1 Å². The average Bonchev–Trinajstić information content (AvgIpc) is 2.49. The Morgan fingerprint density at radius 3 is 2.75 bits per heavy atom. The van der Waals surface area contributed by atoms with Crippen LogP contribution in [0.2, 0.25) is 0 Å². The zero-order chi connectivity index (χ0) is 14.4. The van der Waals surface area contributed by atoms with Crippen LogP contribution in [0.4, 0.5) is 0 Å². The van der Waals surface area contributed by atoms with E-state index in [0.29, 0.717) is 37.7 Å². The lowest BCUT2D eigenvalue weighted by Gasteiger charge is -2.37. The molecular formula is C15H22N2O3. The summed E-state index contributed by atoms with van der Waals surface area (Å²) in [5.74, 6) is 0.466. The van der Waals surface area contributed by atoms with E-state index in [4.69, 9.17) is 15.2 Å². The number of nitrogens with one attached hydrogen (secondary N) is 1. The number of rotatable bonds is 5. The van der Waals surface area contributed by atoms with Crippen LogP contribution < -0.4 is 15.8 Å². The number of amides is 1. The van der Waals surface area contributed by atoms with Gasteiger partial charge in [-0.2, -0.15) is 0 Å². The van der Waals surface area contributed by atoms with Gasteiger partial charge in [-0.05, 0) is 31.9 Å². The number of hydrogen-bond donors (Lipinski definition) is 2. The van der Waals surface area contributed by atoms with Crippen LogP contribution in [0.5, 0.6) is 5.75 Å². The fourth-order valence-corrected chi connectivity index (χ4v) is 2.39. The van der Waals surface area contributed by atoms with Crippen molar-refractivity contribution >= 4 is 5.91 Å². The van der Waals surface area contributed by atoms with Crippen LogP contribution in [0, 0.1) is 0 Å². The van der Waals surface area contributed by atoms with E-state index in [0.717, 1.165) is 12.8 Å². The normalized spacial score (nSPS) is 17.5. The standard InChI is InChI=1S/C15H22N2O3/c1-2-20-13-6-4-3-5-12(13)14(18)17-15(11-16)7-9-19-10-8-15/h3-6H,2,7-11,16H2,1H3,(H,17,18). The summed E-state index contributed by atoms with van der Waals surface area (Å²) in [6.07, 6.45) is 1.48. The minimum atomic E-state index is -0.366. The predicted octanol–water partition coefficient (Wildman–Crippen LogP) is 1.32. The minimum absolute atomic E-state index is 0.138. The third-order valence-electron chi connectivity index (χ3n) is 3.65. The van der Waals surface area contributed by atoms with Crippen molar-refractivity contribution in [1.82, 2.24) is 5.32 Å². The van der Waals surface area contributed by atoms with Gasteiger partial charge in [0, 0.05) is 19.8 Å². The molecule has 5 heteroatoms. The molecule has 20 heavy (non-hydrogen) atoms. The van der Waals surface area contributed by atoms with Crippen LogP contribution in [-0.2, 0) is 4.74 Å². The molecule has 1 saturated heterocycles. The molecule has 0 unspecified atom stereocenters. The fourth-order valence-electron chi connectivity index (χ4n) is 2.39. The highest BCUT2D eigenvalue weighted by Gasteiger charge is 2.33. The van der Waals surface area contributed by atoms with Gasteiger partial charge in [0.1, 0.15) is 5.75 Å². The van der Waals surface area contributed by atoms with Crippen molar-refractivity contribution in [2.45, 2.75) is 25.3 Å². The summed E-state index contributed by atoms with van der Waals surface area (Å²) in [7, 11) is 0. The molecule has 0 saturated carbocycles. The lowest BCUT2D eigenvalue weighted by atomic mass is 9.89. The topological polar surface area (TPSA) is 73.6 Å². The van der Waals surface area contributed by atoms with Crippen LogP contribution in [0.3, 0.4) is 0 Å². The van der Waals surface area contributed by atoms with Gasteiger partial charge in [-0.25, -0.2) is 0 Å². The Morgan fingerprint density at radius 2 is 2.10 bits per heavy atom. The quantitative estimate of drug-likeness (QED) is 0.852. The zero-order valence-electron chi connectivity index (χ0n) is 11.9. The summed E-state index contributed by atoms with van der Waals surface area (Å²) in [6, 6.07) is 7.26. The molecule has 0 aromatic heterocycles. The van der Waals surface area contributed by atoms with E-state index in [-0.39, 0.29) is 11.4 Å². The molecule has 0 bridgehead atoms. The van der Waals surface area contributed by atoms with Crippen LogP contribution >= 0.6 is 0 Å². The molecule has 110 valence electrons. The van der Waals surface area contributed by atoms with Crippen molar-refractivity contribution in [2.24, 2.45) is 5.73 Å². The lowest BCUT2D eigenvalue weighted by Crippen LogP contribution is -2.56. The molecule has 0 aliphatic carbocycles. The second kappa shape index (κ2) is 6.72. The first kappa shape index (κ1) is 14.8. The van der Waals surface area contributed by atoms with Crippen molar-refractivity contribution in [3.8, 4) is 5.75 Å². The fraction of sp³-hybridized carbons (Fsp3) is 0.533. The predicted molar refractivity (Wildman–Crippen MR) is 76.9 cm³/mol. The molecule has 0 radical (unpaired) electrons. The van der Waals surface area contributed by atoms with E-state index in [9.17, 15) is 4.79 Å². The first-order valence-corrected chi connectivity index (χ1v) is 7.03. The molecule has 3 N–H and O–H groups in total. The van der Waals surface area contributed by atoms with Gasteiger partial charge >= 0.3 is 0 Å². The van der Waals surface area contributed by atoms with Crippen LogP contribution in [-0.4, -0.2) is 37.8 Å². The van der Waals surface area contributed by atoms with E-state index >= 15 is 0 Å². The maximum Gasteiger partial charge on any atom is 0.255 e. The number of hydrogen-bond acceptors (Lipinski definition) is 4. The first-order valence-electron chi connectivity index (χ1n) is 7.03. The molecule has 1 fully saturated rings. The number of ether oxygens (including phenoxy) is 2. The van der Waals surface area contributed by atoms with Gasteiger partial charge in [0.25, 0.3) is 5.91 Å². The van der Waals surface area contributed by atoms with Gasteiger partial charge in [-0.1, -0.05) is 12.1 Å². The van der Waals surface area contributed by atoms with Crippen molar-refractivity contribution in [3.63, 3.8) is 0 Å². The summed E-state index contributed by atoms with van der Waals surface area (Å²) >= 11 is 0. The summed E-state index contributed by atoms with van der Waals surface area (Å²) < 4.78 is 10.8. The SMILES string of the molecule is CCOc1ccccc1C(=O)NC1(CN)CCOCC1. The molecule has 1 amide bonds. The first-order chi connectivity index (χ1) is 9.71. The highest BCUT2D eigenvalue weighted by Crippen LogP contribution is 2.23. The molecule has 1 aliphatic heterocycles. The molecule has 1 aromatic rings. The average molecular weight is 278 g/mol. The lowest BCUT2D eigenvalue weighted by molar-refractivity contribution is 0.0388. The van der Waals surface area contributed by atoms with Crippen LogP contribution in [0.25, 0.3) is 0 Å². The zero-order valence-corrected chi connectivity index (χ0v) is 11.9. The second-order valence-electron chi connectivity index (χ2n) is 4.98. The summed E-state index contributed by atoms with van der Waals surface area (Å²) in [6.45, 7) is 4.10. The third-order valence-corrected chi connectivity index (χ3v) is 3.65. The molecule has 1 aromatic carbocycles. The molecule has 5 nitrogen and oxygen atoms in total. The number of carbonyl (C=O) groups is 1. The number of benzene rings is 1. The van der Waals surface area contributed by atoms with E-state index in [1.807, 2.05) is 19.1 Å². The Kier molecular flexibility index (Phi) is 4.98. The molecule has 1 heterocycles. The maximum absolute atomic E-state index is 12.5. The Labute approximate surface area is 119 Å². The Balaban J connectivity index is 2.14. The van der Waals surface area contributed by atoms with Gasteiger partial charge in [0.15, 0.2) is 0 Å². The summed E-state index contributed by atoms with van der Waals surface area (Å²) in [4.78, 5) is 12.5. The largest absolute Gasteiger partial charge is 0.493 e. The van der Waals surface area contributed by atoms with Crippen molar-refractivity contribution in [3.05, 3.63) is 29.8 Å². The van der Waals surface area contributed by atoms with E-state index in [2.05, 4.69) is 5.32 Å². The number of carbonyl (C=O) groups excluding carboxylic acids is 1. The summed E-state index contributed by atoms with van der Waals surface area (Å²) in [5.41, 5.74) is 6.04. The monoisotopic (exact) mass is 278 g/mol.